The molecule has 5 aromatic rings. The number of piperazine rings is 1. The summed E-state index contributed by atoms with van der Waals surface area (Å²) in [7, 11) is 0. The molecule has 0 radical (unpaired) electrons. The fourth-order valence-corrected chi connectivity index (χ4v) is 4.59. The van der Waals surface area contributed by atoms with Gasteiger partial charge in [0.25, 0.3) is 0 Å². The van der Waals surface area contributed by atoms with Gasteiger partial charge in [0.1, 0.15) is 11.5 Å². The van der Waals surface area contributed by atoms with Crippen LogP contribution in [0.15, 0.2) is 85.7 Å². The molecule has 178 valence electrons. The van der Waals surface area contributed by atoms with E-state index in [2.05, 4.69) is 54.0 Å². The van der Waals surface area contributed by atoms with E-state index in [-0.39, 0.29) is 5.78 Å². The van der Waals surface area contributed by atoms with Gasteiger partial charge in [0.2, 0.25) is 0 Å². The first kappa shape index (κ1) is 21.9. The van der Waals surface area contributed by atoms with E-state index in [0.29, 0.717) is 12.1 Å². The van der Waals surface area contributed by atoms with Crippen LogP contribution < -0.4 is 9.80 Å². The fourth-order valence-electron chi connectivity index (χ4n) is 4.59. The highest BCUT2D eigenvalue weighted by Gasteiger charge is 2.19. The summed E-state index contributed by atoms with van der Waals surface area (Å²) >= 11 is 0. The molecule has 0 aliphatic carbocycles. The summed E-state index contributed by atoms with van der Waals surface area (Å²) in [4.78, 5) is 37.5. The summed E-state index contributed by atoms with van der Waals surface area (Å²) in [5.41, 5.74) is 6.60. The van der Waals surface area contributed by atoms with E-state index in [9.17, 15) is 4.79 Å². The second-order valence-corrected chi connectivity index (χ2v) is 8.87. The molecule has 2 aromatic carbocycles. The van der Waals surface area contributed by atoms with Gasteiger partial charge in [-0.15, -0.1) is 0 Å². The van der Waals surface area contributed by atoms with Crippen molar-refractivity contribution in [2.24, 2.45) is 0 Å². The van der Waals surface area contributed by atoms with Gasteiger partial charge in [-0.05, 0) is 41.0 Å². The highest BCUT2D eigenvalue weighted by atomic mass is 16.1. The van der Waals surface area contributed by atoms with Crippen molar-refractivity contribution in [1.82, 2.24) is 24.9 Å². The summed E-state index contributed by atoms with van der Waals surface area (Å²) in [5, 5.41) is 0. The second kappa shape index (κ2) is 9.58. The number of Topliss-reactive ketones (excluding diaryl/α,β-unsaturated/α-hetero) is 1. The molecule has 8 nitrogen and oxygen atoms in total. The lowest BCUT2D eigenvalue weighted by Crippen LogP contribution is -2.46. The molecular formula is C28H25N7O. The SMILES string of the molecule is O=C(Cc1ccc(-c2ccc3ncc(N4CCN(c5ccncc5)CC4)nc3c2)cc1)c1cnc[nH]1. The maximum Gasteiger partial charge on any atom is 0.184 e. The summed E-state index contributed by atoms with van der Waals surface area (Å²) in [6, 6.07) is 18.4. The number of hydrogen-bond acceptors (Lipinski definition) is 7. The van der Waals surface area contributed by atoms with Crippen molar-refractivity contribution in [2.45, 2.75) is 6.42 Å². The topological polar surface area (TPSA) is 90.9 Å². The molecule has 6 rings (SSSR count). The van der Waals surface area contributed by atoms with Crippen LogP contribution in [0.3, 0.4) is 0 Å². The van der Waals surface area contributed by atoms with Crippen LogP contribution in [-0.2, 0) is 6.42 Å². The number of hydrogen-bond donors (Lipinski definition) is 1. The van der Waals surface area contributed by atoms with Gasteiger partial charge in [-0.1, -0.05) is 30.3 Å². The zero-order valence-electron chi connectivity index (χ0n) is 19.7. The number of aromatic amines is 1. The predicted molar refractivity (Wildman–Crippen MR) is 140 cm³/mol. The van der Waals surface area contributed by atoms with Crippen molar-refractivity contribution in [1.29, 1.82) is 0 Å². The van der Waals surface area contributed by atoms with Gasteiger partial charge in [-0.25, -0.2) is 9.97 Å². The number of anilines is 2. The lowest BCUT2D eigenvalue weighted by Gasteiger charge is -2.36. The minimum absolute atomic E-state index is 0.0235. The number of pyridine rings is 1. The lowest BCUT2D eigenvalue weighted by molar-refractivity contribution is 0.0988. The number of benzene rings is 2. The minimum atomic E-state index is 0.0235. The molecule has 1 saturated heterocycles. The third-order valence-corrected chi connectivity index (χ3v) is 6.61. The van der Waals surface area contributed by atoms with Gasteiger partial charge >= 0.3 is 0 Å². The molecule has 36 heavy (non-hydrogen) atoms. The summed E-state index contributed by atoms with van der Waals surface area (Å²) in [6.45, 7) is 3.64. The number of rotatable bonds is 6. The van der Waals surface area contributed by atoms with Gasteiger partial charge in [0.15, 0.2) is 5.78 Å². The number of imidazole rings is 1. The highest BCUT2D eigenvalue weighted by molar-refractivity contribution is 5.95. The largest absolute Gasteiger partial charge is 0.368 e. The average molecular weight is 476 g/mol. The van der Waals surface area contributed by atoms with Crippen molar-refractivity contribution in [3.05, 3.63) is 97.0 Å². The van der Waals surface area contributed by atoms with E-state index in [1.165, 1.54) is 12.0 Å². The first-order valence-electron chi connectivity index (χ1n) is 12.0. The van der Waals surface area contributed by atoms with Crippen LogP contribution in [-0.4, -0.2) is 56.9 Å². The Labute approximate surface area is 208 Å². The molecule has 0 saturated carbocycles. The number of carbonyl (C=O) groups excluding carboxylic acids is 1. The van der Waals surface area contributed by atoms with Crippen molar-refractivity contribution in [3.8, 4) is 11.1 Å². The molecule has 1 fully saturated rings. The number of fused-ring (bicyclic) bond motifs is 1. The summed E-state index contributed by atoms with van der Waals surface area (Å²) < 4.78 is 0. The molecule has 1 aliphatic heterocycles. The first-order chi connectivity index (χ1) is 17.7. The van der Waals surface area contributed by atoms with Gasteiger partial charge < -0.3 is 14.8 Å². The predicted octanol–water partition coefficient (Wildman–Crippen LogP) is 4.17. The summed E-state index contributed by atoms with van der Waals surface area (Å²) in [6.07, 6.45) is 8.96. The van der Waals surface area contributed by atoms with Gasteiger partial charge in [0.05, 0.1) is 29.8 Å². The molecule has 0 atom stereocenters. The van der Waals surface area contributed by atoms with E-state index < -0.39 is 0 Å². The van der Waals surface area contributed by atoms with Gasteiger partial charge in [0, 0.05) is 50.7 Å². The van der Waals surface area contributed by atoms with E-state index in [0.717, 1.165) is 59.7 Å². The van der Waals surface area contributed by atoms with Crippen molar-refractivity contribution in [3.63, 3.8) is 0 Å². The fraction of sp³-hybridized carbons (Fsp3) is 0.179. The molecule has 4 heterocycles. The Morgan fingerprint density at radius 2 is 1.56 bits per heavy atom. The summed E-state index contributed by atoms with van der Waals surface area (Å²) in [5.74, 6) is 0.928. The molecular weight excluding hydrogens is 450 g/mol. The van der Waals surface area contributed by atoms with E-state index >= 15 is 0 Å². The third-order valence-electron chi connectivity index (χ3n) is 6.61. The maximum atomic E-state index is 12.3. The molecule has 1 N–H and O–H groups in total. The van der Waals surface area contributed by atoms with Gasteiger partial charge in [-0.3, -0.25) is 14.8 Å². The molecule has 0 bridgehead atoms. The molecule has 1 aliphatic rings. The molecule has 0 unspecified atom stereocenters. The van der Waals surface area contributed by atoms with Crippen molar-refractivity contribution >= 4 is 28.3 Å². The van der Waals surface area contributed by atoms with Crippen LogP contribution in [0.5, 0.6) is 0 Å². The third kappa shape index (κ3) is 4.53. The molecule has 0 spiro atoms. The molecule has 8 heteroatoms. The quantitative estimate of drug-likeness (QED) is 0.369. The van der Waals surface area contributed by atoms with Crippen LogP contribution in [0.4, 0.5) is 11.5 Å². The number of ketones is 1. The zero-order valence-corrected chi connectivity index (χ0v) is 19.7. The number of nitrogens with zero attached hydrogens (tertiary/aromatic N) is 6. The first-order valence-corrected chi connectivity index (χ1v) is 12.0. The lowest BCUT2D eigenvalue weighted by atomic mass is 10.0. The average Bonchev–Trinajstić information content (AvgIpc) is 3.49. The Morgan fingerprint density at radius 3 is 2.31 bits per heavy atom. The van der Waals surface area contributed by atoms with E-state index in [1.54, 1.807) is 6.20 Å². The Balaban J connectivity index is 1.17. The number of carbonyl (C=O) groups is 1. The highest BCUT2D eigenvalue weighted by Crippen LogP contribution is 2.26. The Kier molecular flexibility index (Phi) is 5.83. The maximum absolute atomic E-state index is 12.3. The zero-order chi connectivity index (χ0) is 24.3. The van der Waals surface area contributed by atoms with Crippen LogP contribution in [0.1, 0.15) is 16.1 Å². The van der Waals surface area contributed by atoms with Crippen LogP contribution in [0, 0.1) is 0 Å². The van der Waals surface area contributed by atoms with Crippen LogP contribution in [0.25, 0.3) is 22.2 Å². The minimum Gasteiger partial charge on any atom is -0.368 e. The second-order valence-electron chi connectivity index (χ2n) is 8.87. The Bertz CT molecular complexity index is 1480. The van der Waals surface area contributed by atoms with Crippen molar-refractivity contribution in [2.75, 3.05) is 36.0 Å². The van der Waals surface area contributed by atoms with Crippen LogP contribution >= 0.6 is 0 Å². The normalized spacial score (nSPS) is 13.8. The standard InChI is InChI=1S/C28H25N7O/c36-27(26-17-30-19-32-26)15-20-1-3-21(4-2-20)22-5-6-24-25(16-22)33-28(18-31-24)35-13-11-34(12-14-35)23-7-9-29-10-8-23/h1-10,16-19H,11-15H2,(H,30,32). The van der Waals surface area contributed by atoms with E-state index in [4.69, 9.17) is 4.98 Å². The van der Waals surface area contributed by atoms with Crippen molar-refractivity contribution < 1.29 is 4.79 Å². The Hall–Kier alpha value is -4.59. The monoisotopic (exact) mass is 475 g/mol. The number of nitrogens with one attached hydrogen (secondary N) is 1. The van der Waals surface area contributed by atoms with Gasteiger partial charge in [-0.2, -0.15) is 0 Å². The molecule has 0 amide bonds. The smallest absolute Gasteiger partial charge is 0.184 e. The number of H-pyrrole nitrogens is 1. The molecule has 3 aromatic heterocycles. The van der Waals surface area contributed by atoms with Crippen LogP contribution in [0.2, 0.25) is 0 Å². The Morgan fingerprint density at radius 1 is 0.806 bits per heavy atom. The van der Waals surface area contributed by atoms with E-state index in [1.807, 2.05) is 48.9 Å². The number of aromatic nitrogens is 5.